The van der Waals surface area contributed by atoms with Crippen LogP contribution in [0.4, 0.5) is 0 Å². The molecule has 1 amide bonds. The highest BCUT2D eigenvalue weighted by atomic mass is 16.5. The predicted molar refractivity (Wildman–Crippen MR) is 63.9 cm³/mol. The minimum absolute atomic E-state index is 0.0425. The summed E-state index contributed by atoms with van der Waals surface area (Å²) in [5.41, 5.74) is 5.66. The lowest BCUT2D eigenvalue weighted by Crippen LogP contribution is -2.48. The van der Waals surface area contributed by atoms with E-state index in [1.54, 1.807) is 0 Å². The number of rotatable bonds is 6. The number of hydrogen-bond donors (Lipinski definition) is 3. The molecule has 1 aliphatic heterocycles. The smallest absolute Gasteiger partial charge is 0.303 e. The number of carboxylic acid groups (broad SMARTS) is 1. The highest BCUT2D eigenvalue weighted by Crippen LogP contribution is 2.38. The van der Waals surface area contributed by atoms with Crippen LogP contribution in [0.5, 0.6) is 0 Å². The zero-order valence-corrected chi connectivity index (χ0v) is 10.3. The summed E-state index contributed by atoms with van der Waals surface area (Å²) >= 11 is 0. The number of carboxylic acids is 1. The zero-order valence-electron chi connectivity index (χ0n) is 10.3. The largest absolute Gasteiger partial charge is 0.481 e. The second-order valence-electron chi connectivity index (χ2n) is 5.12. The third kappa shape index (κ3) is 3.43. The summed E-state index contributed by atoms with van der Waals surface area (Å²) in [6.45, 7) is 0.677. The molecule has 6 nitrogen and oxygen atoms in total. The Morgan fingerprint density at radius 3 is 2.72 bits per heavy atom. The summed E-state index contributed by atoms with van der Waals surface area (Å²) < 4.78 is 5.62. The first kappa shape index (κ1) is 13.3. The number of nitrogens with two attached hydrogens (primary N) is 1. The van der Waals surface area contributed by atoms with Gasteiger partial charge < -0.3 is 20.9 Å². The summed E-state index contributed by atoms with van der Waals surface area (Å²) in [7, 11) is 0. The van der Waals surface area contributed by atoms with Gasteiger partial charge in [0.05, 0.1) is 18.2 Å². The lowest BCUT2D eigenvalue weighted by Gasteiger charge is -2.21. The van der Waals surface area contributed by atoms with Crippen LogP contribution < -0.4 is 11.1 Å². The number of carbonyl (C=O) groups excluding carboxylic acids is 1. The Morgan fingerprint density at radius 2 is 2.11 bits per heavy atom. The van der Waals surface area contributed by atoms with Gasteiger partial charge >= 0.3 is 5.97 Å². The monoisotopic (exact) mass is 256 g/mol. The number of ether oxygens (including phenoxy) is 1. The fraction of sp³-hybridized carbons (Fsp3) is 0.833. The molecule has 0 aromatic carbocycles. The van der Waals surface area contributed by atoms with Gasteiger partial charge in [-0.25, -0.2) is 0 Å². The summed E-state index contributed by atoms with van der Waals surface area (Å²) in [6.07, 6.45) is 3.37. The number of amides is 1. The van der Waals surface area contributed by atoms with Crippen molar-refractivity contribution in [2.24, 2.45) is 11.7 Å². The quantitative estimate of drug-likeness (QED) is 0.614. The first-order valence-electron chi connectivity index (χ1n) is 6.47. The second-order valence-corrected chi connectivity index (χ2v) is 5.12. The van der Waals surface area contributed by atoms with Crippen molar-refractivity contribution in [1.29, 1.82) is 0 Å². The number of aliphatic carboxylic acids is 1. The van der Waals surface area contributed by atoms with Gasteiger partial charge in [-0.3, -0.25) is 9.59 Å². The molecule has 0 bridgehead atoms. The Hall–Kier alpha value is -1.14. The van der Waals surface area contributed by atoms with Gasteiger partial charge in [-0.15, -0.1) is 0 Å². The number of hydrogen-bond acceptors (Lipinski definition) is 4. The Morgan fingerprint density at radius 1 is 1.39 bits per heavy atom. The molecule has 0 spiro atoms. The Balaban J connectivity index is 1.77. The fourth-order valence-corrected chi connectivity index (χ4v) is 2.36. The molecular formula is C12H20N2O4. The van der Waals surface area contributed by atoms with E-state index in [2.05, 4.69) is 5.32 Å². The molecule has 3 unspecified atom stereocenters. The molecule has 0 aromatic heterocycles. The molecule has 2 fully saturated rings. The molecule has 0 radical (unpaired) electrons. The molecule has 3 atom stereocenters. The van der Waals surface area contributed by atoms with E-state index in [1.807, 2.05) is 0 Å². The second kappa shape index (κ2) is 5.67. The summed E-state index contributed by atoms with van der Waals surface area (Å²) in [6, 6.07) is -0.706. The third-order valence-electron chi connectivity index (χ3n) is 3.56. The van der Waals surface area contributed by atoms with Crippen LogP contribution in [0.3, 0.4) is 0 Å². The van der Waals surface area contributed by atoms with Crippen LogP contribution in [-0.2, 0) is 14.3 Å². The average Bonchev–Trinajstić information content (AvgIpc) is 3.07. The molecule has 2 rings (SSSR count). The maximum Gasteiger partial charge on any atom is 0.303 e. The van der Waals surface area contributed by atoms with Crippen LogP contribution in [-0.4, -0.2) is 41.8 Å². The van der Waals surface area contributed by atoms with Gasteiger partial charge in [0.15, 0.2) is 0 Å². The van der Waals surface area contributed by atoms with E-state index >= 15 is 0 Å². The summed E-state index contributed by atoms with van der Waals surface area (Å²) in [5, 5.41) is 11.4. The highest BCUT2D eigenvalue weighted by Gasteiger charge is 2.41. The minimum atomic E-state index is -0.932. The molecule has 0 aromatic rings. The standard InChI is InChI=1S/C12H20N2O4/c13-8(3-4-10(15)16)12(17)14-9-5-6-18-11(9)7-1-2-7/h7-9,11H,1-6,13H2,(H,14,17)(H,15,16). The Labute approximate surface area is 106 Å². The summed E-state index contributed by atoms with van der Waals surface area (Å²) in [5.74, 6) is -0.622. The van der Waals surface area contributed by atoms with Gasteiger partial charge in [0, 0.05) is 13.0 Å². The van der Waals surface area contributed by atoms with Crippen molar-refractivity contribution in [3.63, 3.8) is 0 Å². The van der Waals surface area contributed by atoms with Crippen molar-refractivity contribution in [2.75, 3.05) is 6.61 Å². The van der Waals surface area contributed by atoms with Crippen LogP contribution in [0.2, 0.25) is 0 Å². The molecule has 1 aliphatic carbocycles. The molecule has 2 aliphatic rings. The lowest BCUT2D eigenvalue weighted by atomic mass is 10.0. The van der Waals surface area contributed by atoms with E-state index in [9.17, 15) is 9.59 Å². The van der Waals surface area contributed by atoms with Gasteiger partial charge in [-0.05, 0) is 31.6 Å². The van der Waals surface area contributed by atoms with E-state index in [4.69, 9.17) is 15.6 Å². The zero-order chi connectivity index (χ0) is 13.1. The lowest BCUT2D eigenvalue weighted by molar-refractivity contribution is -0.137. The van der Waals surface area contributed by atoms with Crippen molar-refractivity contribution in [1.82, 2.24) is 5.32 Å². The number of carbonyl (C=O) groups is 2. The van der Waals surface area contributed by atoms with E-state index in [-0.39, 0.29) is 30.9 Å². The van der Waals surface area contributed by atoms with Crippen LogP contribution in [0.1, 0.15) is 32.1 Å². The van der Waals surface area contributed by atoms with Crippen LogP contribution >= 0.6 is 0 Å². The molecule has 102 valence electrons. The highest BCUT2D eigenvalue weighted by molar-refractivity contribution is 5.82. The summed E-state index contributed by atoms with van der Waals surface area (Å²) in [4.78, 5) is 22.2. The molecule has 1 saturated carbocycles. The van der Waals surface area contributed by atoms with E-state index in [0.717, 1.165) is 6.42 Å². The first-order chi connectivity index (χ1) is 8.58. The van der Waals surface area contributed by atoms with Crippen LogP contribution in [0.15, 0.2) is 0 Å². The van der Waals surface area contributed by atoms with Crippen LogP contribution in [0, 0.1) is 5.92 Å². The van der Waals surface area contributed by atoms with Gasteiger partial charge in [0.25, 0.3) is 0 Å². The van der Waals surface area contributed by atoms with Gasteiger partial charge in [0.1, 0.15) is 0 Å². The predicted octanol–water partition coefficient (Wildman–Crippen LogP) is -0.138. The third-order valence-corrected chi connectivity index (χ3v) is 3.56. The van der Waals surface area contributed by atoms with E-state index in [1.165, 1.54) is 12.8 Å². The minimum Gasteiger partial charge on any atom is -0.481 e. The maximum absolute atomic E-state index is 11.8. The number of nitrogens with one attached hydrogen (secondary N) is 1. The van der Waals surface area contributed by atoms with Gasteiger partial charge in [-0.2, -0.15) is 0 Å². The molecule has 18 heavy (non-hydrogen) atoms. The molecule has 1 heterocycles. The fourth-order valence-electron chi connectivity index (χ4n) is 2.36. The Kier molecular flexibility index (Phi) is 4.19. The molecule has 6 heteroatoms. The van der Waals surface area contributed by atoms with E-state index < -0.39 is 12.0 Å². The molecule has 1 saturated heterocycles. The van der Waals surface area contributed by atoms with Gasteiger partial charge in [0.2, 0.25) is 5.91 Å². The van der Waals surface area contributed by atoms with Crippen molar-refractivity contribution in [3.8, 4) is 0 Å². The average molecular weight is 256 g/mol. The topological polar surface area (TPSA) is 102 Å². The van der Waals surface area contributed by atoms with Crippen molar-refractivity contribution < 1.29 is 19.4 Å². The first-order valence-corrected chi connectivity index (χ1v) is 6.47. The molecule has 4 N–H and O–H groups in total. The van der Waals surface area contributed by atoms with E-state index in [0.29, 0.717) is 12.5 Å². The SMILES string of the molecule is NC(CCC(=O)O)C(=O)NC1CCOC1C1CC1. The van der Waals surface area contributed by atoms with Crippen molar-refractivity contribution in [2.45, 2.75) is 50.3 Å². The molecular weight excluding hydrogens is 236 g/mol. The van der Waals surface area contributed by atoms with Gasteiger partial charge in [-0.1, -0.05) is 0 Å². The van der Waals surface area contributed by atoms with Crippen molar-refractivity contribution >= 4 is 11.9 Å². The normalized spacial score (nSPS) is 28.9. The maximum atomic E-state index is 11.8. The van der Waals surface area contributed by atoms with Crippen LogP contribution in [0.25, 0.3) is 0 Å². The Bertz CT molecular complexity index is 330. The van der Waals surface area contributed by atoms with Crippen molar-refractivity contribution in [3.05, 3.63) is 0 Å².